The second-order valence-corrected chi connectivity index (χ2v) is 7.62. The Morgan fingerprint density at radius 2 is 1.69 bits per heavy atom. The SMILES string of the molecule is CC(C)(C)c1nc(-c2ccc(C(=N)N)cc2)cn1CCc1ccccc1. The number of aromatic nitrogens is 2. The molecule has 0 aliphatic heterocycles. The average Bonchev–Trinajstić information content (AvgIpc) is 3.06. The van der Waals surface area contributed by atoms with Crippen LogP contribution in [-0.2, 0) is 18.4 Å². The molecule has 0 amide bonds. The van der Waals surface area contributed by atoms with Crippen molar-refractivity contribution in [1.29, 1.82) is 5.41 Å². The van der Waals surface area contributed by atoms with Crippen molar-refractivity contribution in [3.05, 3.63) is 77.7 Å². The summed E-state index contributed by atoms with van der Waals surface area (Å²) < 4.78 is 2.27. The number of nitrogens with zero attached hydrogens (tertiary/aromatic N) is 2. The molecule has 0 saturated carbocycles. The molecule has 4 heteroatoms. The molecule has 0 fully saturated rings. The zero-order valence-corrected chi connectivity index (χ0v) is 15.7. The minimum Gasteiger partial charge on any atom is -0.384 e. The highest BCUT2D eigenvalue weighted by Gasteiger charge is 2.22. The predicted octanol–water partition coefficient (Wildman–Crippen LogP) is 4.37. The summed E-state index contributed by atoms with van der Waals surface area (Å²) in [7, 11) is 0. The van der Waals surface area contributed by atoms with Crippen molar-refractivity contribution >= 4 is 5.84 Å². The lowest BCUT2D eigenvalue weighted by molar-refractivity contribution is 0.498. The number of aryl methyl sites for hydroxylation is 2. The molecule has 3 N–H and O–H groups in total. The van der Waals surface area contributed by atoms with E-state index in [0.29, 0.717) is 0 Å². The van der Waals surface area contributed by atoms with Crippen LogP contribution in [0.25, 0.3) is 11.3 Å². The molecule has 2 aromatic carbocycles. The predicted molar refractivity (Wildman–Crippen MR) is 108 cm³/mol. The second kappa shape index (κ2) is 7.16. The Balaban J connectivity index is 1.90. The molecule has 0 spiro atoms. The van der Waals surface area contributed by atoms with E-state index in [1.807, 2.05) is 30.3 Å². The molecule has 0 aliphatic rings. The van der Waals surface area contributed by atoms with E-state index in [0.717, 1.165) is 35.6 Å². The molecule has 1 heterocycles. The Labute approximate surface area is 155 Å². The number of nitrogens with one attached hydrogen (secondary N) is 1. The maximum absolute atomic E-state index is 7.53. The lowest BCUT2D eigenvalue weighted by Gasteiger charge is -2.19. The first-order valence-electron chi connectivity index (χ1n) is 8.91. The number of nitrogens with two attached hydrogens (primary N) is 1. The summed E-state index contributed by atoms with van der Waals surface area (Å²) in [6.45, 7) is 7.47. The Morgan fingerprint density at radius 1 is 1.04 bits per heavy atom. The van der Waals surface area contributed by atoms with Crippen molar-refractivity contribution in [2.24, 2.45) is 5.73 Å². The Bertz CT molecular complexity index is 884. The number of benzene rings is 2. The minimum absolute atomic E-state index is 0.0335. The first kappa shape index (κ1) is 17.9. The van der Waals surface area contributed by atoms with Crippen molar-refractivity contribution in [3.63, 3.8) is 0 Å². The quantitative estimate of drug-likeness (QED) is 0.532. The number of hydrogen-bond donors (Lipinski definition) is 2. The van der Waals surface area contributed by atoms with Gasteiger partial charge in [0, 0.05) is 29.3 Å². The fourth-order valence-electron chi connectivity index (χ4n) is 3.04. The zero-order chi connectivity index (χ0) is 18.7. The third-order valence-corrected chi connectivity index (χ3v) is 4.42. The van der Waals surface area contributed by atoms with Gasteiger partial charge in [0.15, 0.2) is 0 Å². The molecule has 0 aliphatic carbocycles. The van der Waals surface area contributed by atoms with Crippen molar-refractivity contribution in [1.82, 2.24) is 9.55 Å². The maximum Gasteiger partial charge on any atom is 0.122 e. The van der Waals surface area contributed by atoms with Gasteiger partial charge in [-0.15, -0.1) is 0 Å². The van der Waals surface area contributed by atoms with Gasteiger partial charge in [-0.25, -0.2) is 4.98 Å². The van der Waals surface area contributed by atoms with Gasteiger partial charge in [-0.05, 0) is 12.0 Å². The molecule has 0 saturated heterocycles. The average molecular weight is 346 g/mol. The van der Waals surface area contributed by atoms with Crippen LogP contribution in [0.5, 0.6) is 0 Å². The van der Waals surface area contributed by atoms with E-state index in [2.05, 4.69) is 55.8 Å². The summed E-state index contributed by atoms with van der Waals surface area (Å²) in [6, 6.07) is 18.2. The maximum atomic E-state index is 7.53. The Kier molecular flexibility index (Phi) is 4.94. The Hall–Kier alpha value is -2.88. The second-order valence-electron chi connectivity index (χ2n) is 7.62. The van der Waals surface area contributed by atoms with Gasteiger partial charge < -0.3 is 10.3 Å². The van der Waals surface area contributed by atoms with Gasteiger partial charge >= 0.3 is 0 Å². The van der Waals surface area contributed by atoms with E-state index in [1.54, 1.807) is 0 Å². The summed E-state index contributed by atoms with van der Waals surface area (Å²) in [5.74, 6) is 1.17. The van der Waals surface area contributed by atoms with Gasteiger partial charge in [-0.2, -0.15) is 0 Å². The molecule has 3 rings (SSSR count). The summed E-state index contributed by atoms with van der Waals surface area (Å²) in [5, 5.41) is 7.53. The van der Waals surface area contributed by atoms with Gasteiger partial charge in [0.25, 0.3) is 0 Å². The van der Waals surface area contributed by atoms with Crippen molar-refractivity contribution in [3.8, 4) is 11.3 Å². The van der Waals surface area contributed by atoms with Gasteiger partial charge in [0.1, 0.15) is 11.7 Å². The topological polar surface area (TPSA) is 67.7 Å². The molecule has 0 bridgehead atoms. The molecule has 26 heavy (non-hydrogen) atoms. The highest BCUT2D eigenvalue weighted by atomic mass is 15.1. The fraction of sp³-hybridized carbons (Fsp3) is 0.273. The van der Waals surface area contributed by atoms with Gasteiger partial charge in [-0.3, -0.25) is 5.41 Å². The van der Waals surface area contributed by atoms with Crippen LogP contribution in [0.15, 0.2) is 60.8 Å². The highest BCUT2D eigenvalue weighted by Crippen LogP contribution is 2.27. The number of nitrogen functional groups attached to an aromatic ring is 1. The van der Waals surface area contributed by atoms with E-state index < -0.39 is 0 Å². The van der Waals surface area contributed by atoms with E-state index >= 15 is 0 Å². The lowest BCUT2D eigenvalue weighted by atomic mass is 9.95. The minimum atomic E-state index is -0.0335. The molecule has 0 atom stereocenters. The molecule has 3 aromatic rings. The van der Waals surface area contributed by atoms with Crippen molar-refractivity contribution in [2.45, 2.75) is 39.2 Å². The molecular formula is C22H26N4. The van der Waals surface area contributed by atoms with Crippen molar-refractivity contribution < 1.29 is 0 Å². The molecule has 0 radical (unpaired) electrons. The molecule has 134 valence electrons. The van der Waals surface area contributed by atoms with Crippen LogP contribution in [0.3, 0.4) is 0 Å². The third-order valence-electron chi connectivity index (χ3n) is 4.42. The summed E-state index contributed by atoms with van der Waals surface area (Å²) in [5.41, 5.74) is 9.57. The largest absolute Gasteiger partial charge is 0.384 e. The van der Waals surface area contributed by atoms with E-state index in [1.165, 1.54) is 5.56 Å². The third kappa shape index (κ3) is 4.02. The number of hydrogen-bond acceptors (Lipinski definition) is 2. The molecular weight excluding hydrogens is 320 g/mol. The van der Waals surface area contributed by atoms with Crippen LogP contribution < -0.4 is 5.73 Å². The van der Waals surface area contributed by atoms with Crippen LogP contribution >= 0.6 is 0 Å². The summed E-state index contributed by atoms with van der Waals surface area (Å²) in [4.78, 5) is 4.92. The zero-order valence-electron chi connectivity index (χ0n) is 15.7. The fourth-order valence-corrected chi connectivity index (χ4v) is 3.04. The van der Waals surface area contributed by atoms with E-state index in [9.17, 15) is 0 Å². The van der Waals surface area contributed by atoms with Crippen LogP contribution in [0.4, 0.5) is 0 Å². The number of amidine groups is 1. The summed E-state index contributed by atoms with van der Waals surface area (Å²) >= 11 is 0. The molecule has 0 unspecified atom stereocenters. The number of imidazole rings is 1. The van der Waals surface area contributed by atoms with Gasteiger partial charge in [0.05, 0.1) is 5.69 Å². The Morgan fingerprint density at radius 3 is 2.27 bits per heavy atom. The van der Waals surface area contributed by atoms with Crippen molar-refractivity contribution in [2.75, 3.05) is 0 Å². The smallest absolute Gasteiger partial charge is 0.122 e. The van der Waals surface area contributed by atoms with Crippen LogP contribution in [-0.4, -0.2) is 15.4 Å². The molecule has 4 nitrogen and oxygen atoms in total. The van der Waals surface area contributed by atoms with Gasteiger partial charge in [-0.1, -0.05) is 75.4 Å². The number of rotatable bonds is 5. The van der Waals surface area contributed by atoms with Gasteiger partial charge in [0.2, 0.25) is 0 Å². The van der Waals surface area contributed by atoms with E-state index in [4.69, 9.17) is 16.1 Å². The highest BCUT2D eigenvalue weighted by molar-refractivity contribution is 5.95. The standard InChI is InChI=1S/C22H26N4/c1-22(2,3)21-25-19(17-9-11-18(12-10-17)20(23)24)15-26(21)14-13-16-7-5-4-6-8-16/h4-12,15H,13-14H2,1-3H3,(H3,23,24). The lowest BCUT2D eigenvalue weighted by Crippen LogP contribution is -2.19. The molecule has 1 aromatic heterocycles. The normalized spacial score (nSPS) is 11.5. The first-order valence-corrected chi connectivity index (χ1v) is 8.91. The van der Waals surface area contributed by atoms with E-state index in [-0.39, 0.29) is 11.3 Å². The monoisotopic (exact) mass is 346 g/mol. The van der Waals surface area contributed by atoms with Crippen LogP contribution in [0.2, 0.25) is 0 Å². The van der Waals surface area contributed by atoms with Crippen LogP contribution in [0, 0.1) is 5.41 Å². The van der Waals surface area contributed by atoms with Crippen LogP contribution in [0.1, 0.15) is 37.7 Å². The summed E-state index contributed by atoms with van der Waals surface area (Å²) in [6.07, 6.45) is 3.11. The first-order chi connectivity index (χ1) is 12.3.